The third kappa shape index (κ3) is 2.82. The molecule has 0 bridgehead atoms. The monoisotopic (exact) mass is 329 g/mol. The normalized spacial score (nSPS) is 12.5. The van der Waals surface area contributed by atoms with Gasteiger partial charge in [-0.1, -0.05) is 12.1 Å². The molecule has 0 fully saturated rings. The molecule has 1 N–H and O–H groups in total. The molecule has 2 aromatic rings. The summed E-state index contributed by atoms with van der Waals surface area (Å²) in [5.41, 5.74) is 0.320. The van der Waals surface area contributed by atoms with Crippen LogP contribution >= 0.6 is 15.9 Å². The summed E-state index contributed by atoms with van der Waals surface area (Å²) < 4.78 is 41.4. The summed E-state index contributed by atoms with van der Waals surface area (Å²) in [6, 6.07) is 7.10. The molecule has 19 heavy (non-hydrogen) atoms. The quantitative estimate of drug-likeness (QED) is 0.890. The summed E-state index contributed by atoms with van der Waals surface area (Å²) in [7, 11) is 1.56. The van der Waals surface area contributed by atoms with Crippen molar-refractivity contribution < 1.29 is 13.2 Å². The smallest absolute Gasteiger partial charge is 0.142 e. The molecule has 0 aliphatic heterocycles. The molecule has 1 nitrogen and oxygen atoms in total. The maximum absolute atomic E-state index is 14.1. The molecule has 0 heterocycles. The van der Waals surface area contributed by atoms with Crippen LogP contribution in [0.1, 0.15) is 17.2 Å². The van der Waals surface area contributed by atoms with Crippen molar-refractivity contribution in [2.75, 3.05) is 7.05 Å². The van der Waals surface area contributed by atoms with E-state index in [1.807, 2.05) is 0 Å². The van der Waals surface area contributed by atoms with Crippen molar-refractivity contribution in [3.63, 3.8) is 0 Å². The average Bonchev–Trinajstić information content (AvgIpc) is 2.39. The maximum atomic E-state index is 14.1. The van der Waals surface area contributed by atoms with E-state index in [1.54, 1.807) is 19.2 Å². The van der Waals surface area contributed by atoms with Crippen LogP contribution in [0.4, 0.5) is 13.2 Å². The zero-order valence-corrected chi connectivity index (χ0v) is 11.6. The van der Waals surface area contributed by atoms with Gasteiger partial charge < -0.3 is 5.32 Å². The third-order valence-electron chi connectivity index (χ3n) is 2.85. The summed E-state index contributed by atoms with van der Waals surface area (Å²) in [5.74, 6) is -1.64. The topological polar surface area (TPSA) is 12.0 Å². The van der Waals surface area contributed by atoms with Gasteiger partial charge in [0.25, 0.3) is 0 Å². The van der Waals surface area contributed by atoms with E-state index in [4.69, 9.17) is 0 Å². The van der Waals surface area contributed by atoms with Gasteiger partial charge >= 0.3 is 0 Å². The SMILES string of the molecule is CNC(c1cc(F)ccc1F)c1cccc(Br)c1F. The average molecular weight is 330 g/mol. The Bertz CT molecular complexity index is 599. The van der Waals surface area contributed by atoms with Crippen LogP contribution in [0.5, 0.6) is 0 Å². The first kappa shape index (κ1) is 14.1. The van der Waals surface area contributed by atoms with Crippen molar-refractivity contribution in [1.82, 2.24) is 5.32 Å². The second-order valence-corrected chi connectivity index (χ2v) is 4.88. The highest BCUT2D eigenvalue weighted by atomic mass is 79.9. The van der Waals surface area contributed by atoms with Crippen LogP contribution in [0.3, 0.4) is 0 Å². The van der Waals surface area contributed by atoms with Gasteiger partial charge in [-0.2, -0.15) is 0 Å². The fourth-order valence-electron chi connectivity index (χ4n) is 1.96. The lowest BCUT2D eigenvalue weighted by molar-refractivity contribution is 0.535. The Morgan fingerprint density at radius 3 is 2.47 bits per heavy atom. The van der Waals surface area contributed by atoms with Crippen molar-refractivity contribution in [2.45, 2.75) is 6.04 Å². The summed E-state index contributed by atoms with van der Waals surface area (Å²) >= 11 is 3.08. The van der Waals surface area contributed by atoms with Crippen LogP contribution < -0.4 is 5.32 Å². The van der Waals surface area contributed by atoms with Crippen molar-refractivity contribution in [3.05, 3.63) is 69.4 Å². The molecule has 0 saturated carbocycles. The number of rotatable bonds is 3. The van der Waals surface area contributed by atoms with Crippen molar-refractivity contribution >= 4 is 15.9 Å². The zero-order chi connectivity index (χ0) is 14.0. The molecule has 1 unspecified atom stereocenters. The van der Waals surface area contributed by atoms with E-state index in [0.717, 1.165) is 18.2 Å². The van der Waals surface area contributed by atoms with Crippen molar-refractivity contribution in [1.29, 1.82) is 0 Å². The maximum Gasteiger partial charge on any atom is 0.142 e. The van der Waals surface area contributed by atoms with E-state index < -0.39 is 23.5 Å². The molecule has 2 aromatic carbocycles. The molecule has 5 heteroatoms. The molecule has 2 rings (SSSR count). The minimum atomic E-state index is -0.756. The van der Waals surface area contributed by atoms with Crippen LogP contribution in [-0.2, 0) is 0 Å². The molecular weight excluding hydrogens is 319 g/mol. The molecule has 0 spiro atoms. The summed E-state index contributed by atoms with van der Waals surface area (Å²) in [4.78, 5) is 0. The molecule has 100 valence electrons. The largest absolute Gasteiger partial charge is 0.309 e. The Balaban J connectivity index is 2.56. The molecule has 0 amide bonds. The predicted molar refractivity (Wildman–Crippen MR) is 71.4 cm³/mol. The van der Waals surface area contributed by atoms with E-state index in [9.17, 15) is 13.2 Å². The first-order chi connectivity index (χ1) is 9.04. The highest BCUT2D eigenvalue weighted by molar-refractivity contribution is 9.10. The van der Waals surface area contributed by atoms with Crippen LogP contribution in [0.15, 0.2) is 40.9 Å². The predicted octanol–water partition coefficient (Wildman–Crippen LogP) is 4.18. The Labute approximate surface area is 117 Å². The van der Waals surface area contributed by atoms with E-state index in [1.165, 1.54) is 6.07 Å². The Morgan fingerprint density at radius 1 is 1.05 bits per heavy atom. The molecule has 0 aliphatic rings. The van der Waals surface area contributed by atoms with Gasteiger partial charge in [-0.15, -0.1) is 0 Å². The van der Waals surface area contributed by atoms with E-state index in [0.29, 0.717) is 0 Å². The number of halogens is 4. The highest BCUT2D eigenvalue weighted by Gasteiger charge is 2.21. The number of nitrogens with one attached hydrogen (secondary N) is 1. The van der Waals surface area contributed by atoms with E-state index >= 15 is 0 Å². The van der Waals surface area contributed by atoms with E-state index in [2.05, 4.69) is 21.2 Å². The Hall–Kier alpha value is -1.33. The summed E-state index contributed by atoms with van der Waals surface area (Å²) in [5, 5.41) is 2.80. The lowest BCUT2D eigenvalue weighted by atomic mass is 9.98. The highest BCUT2D eigenvalue weighted by Crippen LogP contribution is 2.29. The molecule has 0 saturated heterocycles. The fourth-order valence-corrected chi connectivity index (χ4v) is 2.34. The third-order valence-corrected chi connectivity index (χ3v) is 3.46. The Morgan fingerprint density at radius 2 is 1.79 bits per heavy atom. The molecular formula is C14H11BrF3N. The van der Waals surface area contributed by atoms with Crippen molar-refractivity contribution in [3.8, 4) is 0 Å². The van der Waals surface area contributed by atoms with Crippen LogP contribution in [-0.4, -0.2) is 7.05 Å². The second kappa shape index (κ2) is 5.75. The minimum Gasteiger partial charge on any atom is -0.309 e. The van der Waals surface area contributed by atoms with Gasteiger partial charge in [-0.25, -0.2) is 13.2 Å². The number of hydrogen-bond donors (Lipinski definition) is 1. The number of hydrogen-bond acceptors (Lipinski definition) is 1. The summed E-state index contributed by atoms with van der Waals surface area (Å²) in [6.07, 6.45) is 0. The van der Waals surface area contributed by atoms with Crippen LogP contribution in [0.25, 0.3) is 0 Å². The zero-order valence-electron chi connectivity index (χ0n) is 10.1. The van der Waals surface area contributed by atoms with Gasteiger partial charge in [-0.05, 0) is 47.2 Å². The standard InChI is InChI=1S/C14H11BrF3N/c1-19-14(9-3-2-4-11(15)13(9)18)10-7-8(16)5-6-12(10)17/h2-7,14,19H,1H3. The van der Waals surface area contributed by atoms with Gasteiger partial charge in [0.05, 0.1) is 10.5 Å². The summed E-state index contributed by atoms with van der Waals surface area (Å²) in [6.45, 7) is 0. The Kier molecular flexibility index (Phi) is 4.27. The lowest BCUT2D eigenvalue weighted by Crippen LogP contribution is -2.20. The minimum absolute atomic E-state index is 0.0690. The van der Waals surface area contributed by atoms with Gasteiger partial charge in [0.2, 0.25) is 0 Å². The molecule has 0 aromatic heterocycles. The number of benzene rings is 2. The second-order valence-electron chi connectivity index (χ2n) is 4.03. The fraction of sp³-hybridized carbons (Fsp3) is 0.143. The van der Waals surface area contributed by atoms with Gasteiger partial charge in [0.15, 0.2) is 0 Å². The van der Waals surface area contributed by atoms with E-state index in [-0.39, 0.29) is 15.6 Å². The first-order valence-electron chi connectivity index (χ1n) is 5.60. The molecule has 0 radical (unpaired) electrons. The van der Waals surface area contributed by atoms with Gasteiger partial charge in [0.1, 0.15) is 17.5 Å². The first-order valence-corrected chi connectivity index (χ1v) is 6.40. The lowest BCUT2D eigenvalue weighted by Gasteiger charge is -2.19. The van der Waals surface area contributed by atoms with Crippen molar-refractivity contribution in [2.24, 2.45) is 0 Å². The molecule has 0 aliphatic carbocycles. The van der Waals surface area contributed by atoms with Crippen LogP contribution in [0, 0.1) is 17.5 Å². The molecule has 1 atom stereocenters. The van der Waals surface area contributed by atoms with Crippen LogP contribution in [0.2, 0.25) is 0 Å². The van der Waals surface area contributed by atoms with Gasteiger partial charge in [-0.3, -0.25) is 0 Å². The van der Waals surface area contributed by atoms with Gasteiger partial charge in [0, 0.05) is 11.1 Å².